The van der Waals surface area contributed by atoms with Gasteiger partial charge in [-0.15, -0.1) is 0 Å². The van der Waals surface area contributed by atoms with Crippen LogP contribution in [0, 0.1) is 18.1 Å². The van der Waals surface area contributed by atoms with E-state index in [2.05, 4.69) is 16.9 Å². The lowest BCUT2D eigenvalue weighted by molar-refractivity contribution is -0.140. The van der Waals surface area contributed by atoms with E-state index in [0.29, 0.717) is 19.3 Å². The zero-order valence-electron chi connectivity index (χ0n) is 16.3. The smallest absolute Gasteiger partial charge is 0.305 e. The summed E-state index contributed by atoms with van der Waals surface area (Å²) in [5.41, 5.74) is 0.725. The molecule has 150 valence electrons. The van der Waals surface area contributed by atoms with Crippen molar-refractivity contribution in [3.8, 4) is 0 Å². The van der Waals surface area contributed by atoms with Crippen molar-refractivity contribution in [2.75, 3.05) is 7.11 Å². The Balaban J connectivity index is 1.60. The van der Waals surface area contributed by atoms with Gasteiger partial charge in [-0.05, 0) is 50.7 Å². The molecule has 1 aromatic carbocycles. The third-order valence-electron chi connectivity index (χ3n) is 6.02. The number of aliphatic hydroxyl groups excluding tert-OH is 1. The van der Waals surface area contributed by atoms with Crippen LogP contribution >= 0.6 is 0 Å². The first-order valence-corrected chi connectivity index (χ1v) is 10.0. The molecule has 2 aliphatic carbocycles. The Bertz CT molecular complexity index is 717. The second-order valence-electron chi connectivity index (χ2n) is 7.88. The molecule has 2 saturated carbocycles. The average Bonchev–Trinajstić information content (AvgIpc) is 2.95. The summed E-state index contributed by atoms with van der Waals surface area (Å²) in [4.78, 5) is 23.5. The number of aliphatic hydroxyl groups is 2. The number of rotatable bonds is 8. The van der Waals surface area contributed by atoms with E-state index in [1.165, 1.54) is 7.11 Å². The third kappa shape index (κ3) is 4.45. The lowest BCUT2D eigenvalue weighted by Gasteiger charge is -2.35. The van der Waals surface area contributed by atoms with Gasteiger partial charge in [0.1, 0.15) is 5.78 Å². The first kappa shape index (κ1) is 20.6. The second-order valence-corrected chi connectivity index (χ2v) is 7.88. The lowest BCUT2D eigenvalue weighted by Crippen LogP contribution is -2.33. The summed E-state index contributed by atoms with van der Waals surface area (Å²) in [7, 11) is 1.38. The second kappa shape index (κ2) is 8.89. The molecular weight excluding hydrogens is 356 g/mol. The van der Waals surface area contributed by atoms with E-state index in [1.54, 1.807) is 0 Å². The number of unbranched alkanes of at least 4 members (excludes halogenated alkanes) is 1. The number of esters is 1. The van der Waals surface area contributed by atoms with Gasteiger partial charge in [-0.25, -0.2) is 0 Å². The molecular formula is C23H28O5. The third-order valence-corrected chi connectivity index (χ3v) is 6.02. The molecule has 0 amide bonds. The monoisotopic (exact) mass is 384 g/mol. The highest BCUT2D eigenvalue weighted by atomic mass is 16.5. The summed E-state index contributed by atoms with van der Waals surface area (Å²) in [6, 6.07) is 9.85. The molecule has 0 aromatic heterocycles. The Hall–Kier alpha value is -2.16. The topological polar surface area (TPSA) is 83.8 Å². The molecule has 0 spiro atoms. The Morgan fingerprint density at radius 1 is 1.32 bits per heavy atom. The number of ether oxygens (including phenoxy) is 1. The molecule has 0 radical (unpaired) electrons. The molecule has 1 aromatic rings. The summed E-state index contributed by atoms with van der Waals surface area (Å²) in [5.74, 6) is -0.737. The van der Waals surface area contributed by atoms with Gasteiger partial charge < -0.3 is 14.9 Å². The van der Waals surface area contributed by atoms with Crippen molar-refractivity contribution < 1.29 is 24.5 Å². The minimum absolute atomic E-state index is 0.0619. The first-order valence-electron chi connectivity index (χ1n) is 10.0. The van der Waals surface area contributed by atoms with Crippen LogP contribution in [-0.4, -0.2) is 35.2 Å². The van der Waals surface area contributed by atoms with Crippen LogP contribution in [0.1, 0.15) is 68.4 Å². The quantitative estimate of drug-likeness (QED) is 0.409. The summed E-state index contributed by atoms with van der Waals surface area (Å²) in [5, 5.41) is 20.8. The van der Waals surface area contributed by atoms with Gasteiger partial charge in [0.2, 0.25) is 0 Å². The van der Waals surface area contributed by atoms with Crippen LogP contribution in [0.3, 0.4) is 0 Å². The fraction of sp³-hybridized carbons (Fsp3) is 0.565. The number of allylic oxidation sites excluding steroid dienone is 2. The minimum atomic E-state index is -0.786. The fourth-order valence-corrected chi connectivity index (χ4v) is 4.12. The summed E-state index contributed by atoms with van der Waals surface area (Å²) < 4.78 is 4.61. The van der Waals surface area contributed by atoms with Crippen LogP contribution in [-0.2, 0) is 19.9 Å². The average molecular weight is 384 g/mol. The number of methoxy groups -OCH3 is 1. The highest BCUT2D eigenvalue weighted by Crippen LogP contribution is 2.42. The van der Waals surface area contributed by atoms with Crippen LogP contribution in [0.25, 0.3) is 0 Å². The van der Waals surface area contributed by atoms with E-state index in [0.717, 1.165) is 36.8 Å². The van der Waals surface area contributed by atoms with E-state index in [1.807, 2.05) is 24.3 Å². The van der Waals surface area contributed by atoms with Crippen LogP contribution in [0.5, 0.6) is 0 Å². The predicted molar refractivity (Wildman–Crippen MR) is 103 cm³/mol. The SMILES string of the molecule is COC(=O)CCC/C=C\C[C@H]1C(=O)C[C@@H](O)[C@@H]1c1c#cc(C2(O)CCC2)cc1. The number of hydrogen-bond donors (Lipinski definition) is 2. The van der Waals surface area contributed by atoms with E-state index in [4.69, 9.17) is 0 Å². The van der Waals surface area contributed by atoms with E-state index >= 15 is 0 Å². The molecule has 2 aliphatic rings. The molecule has 0 aliphatic heterocycles. The number of carbonyl (C=O) groups excluding carboxylic acids is 2. The molecule has 0 saturated heterocycles. The molecule has 2 fully saturated rings. The van der Waals surface area contributed by atoms with Gasteiger partial charge in [0.25, 0.3) is 0 Å². The summed E-state index contributed by atoms with van der Waals surface area (Å²) in [6.07, 6.45) is 8.26. The van der Waals surface area contributed by atoms with Gasteiger partial charge in [-0.2, -0.15) is 0 Å². The minimum Gasteiger partial charge on any atom is -0.469 e. The highest BCUT2D eigenvalue weighted by molar-refractivity contribution is 5.85. The largest absolute Gasteiger partial charge is 0.469 e. The van der Waals surface area contributed by atoms with Gasteiger partial charge in [0, 0.05) is 35.8 Å². The van der Waals surface area contributed by atoms with Crippen molar-refractivity contribution in [1.29, 1.82) is 0 Å². The van der Waals surface area contributed by atoms with Crippen molar-refractivity contribution in [1.82, 2.24) is 0 Å². The normalized spacial score (nSPS) is 26.1. The maximum Gasteiger partial charge on any atom is 0.305 e. The molecule has 5 heteroatoms. The zero-order valence-corrected chi connectivity index (χ0v) is 16.3. The molecule has 3 rings (SSSR count). The van der Waals surface area contributed by atoms with Gasteiger partial charge in [0.05, 0.1) is 18.8 Å². The maximum atomic E-state index is 12.4. The lowest BCUT2D eigenvalue weighted by atomic mass is 9.75. The molecule has 0 bridgehead atoms. The number of Topliss-reactive ketones (excluding diaryl/α,β-unsaturated/α-hetero) is 1. The van der Waals surface area contributed by atoms with Crippen molar-refractivity contribution in [2.45, 2.75) is 69.0 Å². The van der Waals surface area contributed by atoms with E-state index in [-0.39, 0.29) is 30.0 Å². The van der Waals surface area contributed by atoms with Gasteiger partial charge >= 0.3 is 5.97 Å². The Morgan fingerprint density at radius 2 is 2.11 bits per heavy atom. The molecule has 3 atom stereocenters. The maximum absolute atomic E-state index is 12.4. The van der Waals surface area contributed by atoms with Crippen LogP contribution in [0.4, 0.5) is 0 Å². The van der Waals surface area contributed by atoms with Gasteiger partial charge in [0.15, 0.2) is 0 Å². The van der Waals surface area contributed by atoms with Crippen molar-refractivity contribution in [3.63, 3.8) is 0 Å². The van der Waals surface area contributed by atoms with Crippen LogP contribution < -0.4 is 0 Å². The van der Waals surface area contributed by atoms with Crippen molar-refractivity contribution >= 4 is 11.8 Å². The van der Waals surface area contributed by atoms with Crippen LogP contribution in [0.15, 0.2) is 24.3 Å². The van der Waals surface area contributed by atoms with Crippen molar-refractivity contribution in [2.24, 2.45) is 5.92 Å². The number of ketones is 1. The fourth-order valence-electron chi connectivity index (χ4n) is 4.12. The molecule has 5 nitrogen and oxygen atoms in total. The predicted octanol–water partition coefficient (Wildman–Crippen LogP) is 2.98. The number of hydrogen-bond acceptors (Lipinski definition) is 5. The molecule has 2 N–H and O–H groups in total. The van der Waals surface area contributed by atoms with Crippen LogP contribution in [0.2, 0.25) is 0 Å². The molecule has 0 unspecified atom stereocenters. The Kier molecular flexibility index (Phi) is 6.53. The Morgan fingerprint density at radius 3 is 2.71 bits per heavy atom. The first-order chi connectivity index (χ1) is 13.4. The summed E-state index contributed by atoms with van der Waals surface area (Å²) >= 11 is 0. The standard InChI is InChI=1S/C23H28O5/c1-28-21(26)8-5-3-2-4-7-18-19(24)15-20(25)22(18)16-9-11-17(12-10-16)23(27)13-6-14-23/h2,4,9,11,18,20,22,25,27H,3,5-8,13-15H2,1H3/b4-2-/t18-,20+,22+/m0/s1. The van der Waals surface area contributed by atoms with E-state index < -0.39 is 11.7 Å². The zero-order chi connectivity index (χ0) is 20.1. The van der Waals surface area contributed by atoms with Gasteiger partial charge in [-0.3, -0.25) is 9.59 Å². The molecule has 28 heavy (non-hydrogen) atoms. The Labute approximate surface area is 166 Å². The van der Waals surface area contributed by atoms with E-state index in [9.17, 15) is 19.8 Å². The molecule has 0 heterocycles. The van der Waals surface area contributed by atoms with Gasteiger partial charge in [-0.1, -0.05) is 24.3 Å². The number of carbonyl (C=O) groups is 2. The summed E-state index contributed by atoms with van der Waals surface area (Å²) in [6.45, 7) is 0. The highest BCUT2D eigenvalue weighted by Gasteiger charge is 2.42. The van der Waals surface area contributed by atoms with Crippen molar-refractivity contribution in [3.05, 3.63) is 47.5 Å².